The van der Waals surface area contributed by atoms with Crippen molar-refractivity contribution in [3.63, 3.8) is 0 Å². The summed E-state index contributed by atoms with van der Waals surface area (Å²) in [5.41, 5.74) is 0. The molecular weight excluding hydrogens is 176 g/mol. The lowest BCUT2D eigenvalue weighted by molar-refractivity contribution is -0.154. The van der Waals surface area contributed by atoms with Crippen molar-refractivity contribution in [3.05, 3.63) is 0 Å². The monoisotopic (exact) mass is 200 g/mol. The Morgan fingerprint density at radius 2 is 1.57 bits per heavy atom. The van der Waals surface area contributed by atoms with E-state index in [4.69, 9.17) is 4.74 Å². The number of carbonyl (C=O) groups excluding carboxylic acids is 1. The van der Waals surface area contributed by atoms with Gasteiger partial charge in [-0.3, -0.25) is 4.79 Å². The molecule has 0 unspecified atom stereocenters. The third-order valence-corrected chi connectivity index (χ3v) is 2.18. The molecule has 0 aliphatic rings. The van der Waals surface area contributed by atoms with Gasteiger partial charge in [-0.25, -0.2) is 0 Å². The third-order valence-electron chi connectivity index (χ3n) is 2.18. The molecule has 0 aliphatic carbocycles. The predicted molar refractivity (Wildman–Crippen MR) is 59.0 cm³/mol. The Balaban J connectivity index is 4.26. The van der Waals surface area contributed by atoms with Crippen LogP contribution in [0.3, 0.4) is 0 Å². The molecule has 84 valence electrons. The summed E-state index contributed by atoms with van der Waals surface area (Å²) < 4.78 is 5.24. The maximum absolute atomic E-state index is 11.7. The fourth-order valence-electron chi connectivity index (χ4n) is 1.47. The minimum absolute atomic E-state index is 0.00378. The van der Waals surface area contributed by atoms with Crippen LogP contribution in [0.15, 0.2) is 0 Å². The molecule has 0 aromatic heterocycles. The molecule has 0 heterocycles. The molecule has 0 amide bonds. The van der Waals surface area contributed by atoms with Crippen LogP contribution in [-0.2, 0) is 9.53 Å². The summed E-state index contributed by atoms with van der Waals surface area (Å²) in [6, 6.07) is 0. The molecule has 0 N–H and O–H groups in total. The van der Waals surface area contributed by atoms with Crippen LogP contribution in [0.2, 0.25) is 0 Å². The lowest BCUT2D eigenvalue weighted by Gasteiger charge is -2.22. The molecule has 0 saturated carbocycles. The minimum Gasteiger partial charge on any atom is -0.463 e. The molecular formula is C12H24O2. The van der Waals surface area contributed by atoms with Gasteiger partial charge in [-0.05, 0) is 32.1 Å². The van der Waals surface area contributed by atoms with Crippen molar-refractivity contribution >= 4 is 5.97 Å². The summed E-state index contributed by atoms with van der Waals surface area (Å²) in [5, 5.41) is 0. The van der Waals surface area contributed by atoms with Crippen molar-refractivity contribution in [3.8, 4) is 0 Å². The van der Waals surface area contributed by atoms with E-state index in [1.807, 2.05) is 13.8 Å². The second-order valence-corrected chi connectivity index (χ2v) is 4.97. The van der Waals surface area contributed by atoms with Gasteiger partial charge in [0.1, 0.15) is 0 Å². The topological polar surface area (TPSA) is 26.3 Å². The first-order valence-electron chi connectivity index (χ1n) is 5.55. The lowest BCUT2D eigenvalue weighted by atomic mass is 9.88. The standard InChI is InChI=1S/C12H24O2/c1-8(2)7-11(9(3)4)12(13)14-10(5)6/h8-11H,7H2,1-6H3/t11-/m1/s1. The van der Waals surface area contributed by atoms with Crippen molar-refractivity contribution in [2.24, 2.45) is 17.8 Å². The van der Waals surface area contributed by atoms with Gasteiger partial charge in [0.05, 0.1) is 12.0 Å². The number of hydrogen-bond acceptors (Lipinski definition) is 2. The Morgan fingerprint density at radius 3 is 1.86 bits per heavy atom. The molecule has 0 aromatic carbocycles. The summed E-state index contributed by atoms with van der Waals surface area (Å²) in [7, 11) is 0. The molecule has 0 aromatic rings. The first-order chi connectivity index (χ1) is 6.34. The highest BCUT2D eigenvalue weighted by molar-refractivity contribution is 5.72. The van der Waals surface area contributed by atoms with E-state index in [2.05, 4.69) is 27.7 Å². The van der Waals surface area contributed by atoms with Crippen LogP contribution in [0.5, 0.6) is 0 Å². The van der Waals surface area contributed by atoms with Crippen LogP contribution in [0.1, 0.15) is 48.0 Å². The highest BCUT2D eigenvalue weighted by Gasteiger charge is 2.25. The van der Waals surface area contributed by atoms with Crippen LogP contribution < -0.4 is 0 Å². The quantitative estimate of drug-likeness (QED) is 0.637. The number of carbonyl (C=O) groups is 1. The second kappa shape index (κ2) is 6.05. The molecule has 0 fully saturated rings. The molecule has 0 rings (SSSR count). The highest BCUT2D eigenvalue weighted by atomic mass is 16.5. The number of rotatable bonds is 5. The molecule has 2 heteroatoms. The average Bonchev–Trinajstić information content (AvgIpc) is 1.97. The molecule has 0 radical (unpaired) electrons. The summed E-state index contributed by atoms with van der Waals surface area (Å²) in [4.78, 5) is 11.7. The Morgan fingerprint density at radius 1 is 1.07 bits per heavy atom. The van der Waals surface area contributed by atoms with Crippen LogP contribution in [-0.4, -0.2) is 12.1 Å². The van der Waals surface area contributed by atoms with E-state index >= 15 is 0 Å². The van der Waals surface area contributed by atoms with E-state index in [0.29, 0.717) is 11.8 Å². The van der Waals surface area contributed by atoms with E-state index in [-0.39, 0.29) is 18.0 Å². The molecule has 0 saturated heterocycles. The van der Waals surface area contributed by atoms with Crippen molar-refractivity contribution < 1.29 is 9.53 Å². The summed E-state index contributed by atoms with van der Waals surface area (Å²) in [5.74, 6) is 0.923. The lowest BCUT2D eigenvalue weighted by Crippen LogP contribution is -2.26. The zero-order valence-corrected chi connectivity index (χ0v) is 10.3. The molecule has 14 heavy (non-hydrogen) atoms. The van der Waals surface area contributed by atoms with Gasteiger partial charge in [0, 0.05) is 0 Å². The minimum atomic E-state index is -0.0382. The van der Waals surface area contributed by atoms with E-state index in [9.17, 15) is 4.79 Å². The van der Waals surface area contributed by atoms with Crippen LogP contribution in [0.25, 0.3) is 0 Å². The SMILES string of the molecule is CC(C)C[C@@H](C(=O)OC(C)C)C(C)C. The Labute approximate surface area is 88.0 Å². The average molecular weight is 200 g/mol. The summed E-state index contributed by atoms with van der Waals surface area (Å²) in [6.07, 6.45) is 0.916. The molecule has 1 atom stereocenters. The van der Waals surface area contributed by atoms with Gasteiger partial charge in [-0.2, -0.15) is 0 Å². The third kappa shape index (κ3) is 5.25. The van der Waals surface area contributed by atoms with E-state index in [1.165, 1.54) is 0 Å². The Bertz CT molecular complexity index is 171. The Kier molecular flexibility index (Phi) is 5.82. The van der Waals surface area contributed by atoms with Crippen molar-refractivity contribution in [1.29, 1.82) is 0 Å². The first-order valence-corrected chi connectivity index (χ1v) is 5.55. The molecule has 0 aliphatic heterocycles. The van der Waals surface area contributed by atoms with E-state index in [1.54, 1.807) is 0 Å². The molecule has 0 spiro atoms. The van der Waals surface area contributed by atoms with Gasteiger partial charge >= 0.3 is 5.97 Å². The van der Waals surface area contributed by atoms with Gasteiger partial charge < -0.3 is 4.74 Å². The Hall–Kier alpha value is -0.530. The first kappa shape index (κ1) is 13.5. The number of hydrogen-bond donors (Lipinski definition) is 0. The van der Waals surface area contributed by atoms with Crippen LogP contribution >= 0.6 is 0 Å². The second-order valence-electron chi connectivity index (χ2n) is 4.97. The summed E-state index contributed by atoms with van der Waals surface area (Å²) in [6.45, 7) is 12.2. The maximum Gasteiger partial charge on any atom is 0.309 e. The number of ether oxygens (including phenoxy) is 1. The predicted octanol–water partition coefficient (Wildman–Crippen LogP) is 3.26. The highest BCUT2D eigenvalue weighted by Crippen LogP contribution is 2.22. The zero-order chi connectivity index (χ0) is 11.3. The smallest absolute Gasteiger partial charge is 0.309 e. The number of esters is 1. The maximum atomic E-state index is 11.7. The van der Waals surface area contributed by atoms with E-state index < -0.39 is 0 Å². The van der Waals surface area contributed by atoms with Crippen molar-refractivity contribution in [1.82, 2.24) is 0 Å². The van der Waals surface area contributed by atoms with Gasteiger partial charge in [-0.15, -0.1) is 0 Å². The van der Waals surface area contributed by atoms with Crippen molar-refractivity contribution in [2.45, 2.75) is 54.1 Å². The fourth-order valence-corrected chi connectivity index (χ4v) is 1.47. The van der Waals surface area contributed by atoms with Gasteiger partial charge in [-0.1, -0.05) is 27.7 Å². The van der Waals surface area contributed by atoms with Crippen LogP contribution in [0.4, 0.5) is 0 Å². The van der Waals surface area contributed by atoms with Gasteiger partial charge in [0.2, 0.25) is 0 Å². The summed E-state index contributed by atoms with van der Waals surface area (Å²) >= 11 is 0. The molecule has 2 nitrogen and oxygen atoms in total. The fraction of sp³-hybridized carbons (Fsp3) is 0.917. The largest absolute Gasteiger partial charge is 0.463 e. The van der Waals surface area contributed by atoms with Gasteiger partial charge in [0.25, 0.3) is 0 Å². The van der Waals surface area contributed by atoms with E-state index in [0.717, 1.165) is 6.42 Å². The van der Waals surface area contributed by atoms with Gasteiger partial charge in [0.15, 0.2) is 0 Å². The zero-order valence-electron chi connectivity index (χ0n) is 10.3. The normalized spacial score (nSPS) is 13.8. The van der Waals surface area contributed by atoms with Crippen molar-refractivity contribution in [2.75, 3.05) is 0 Å². The van der Waals surface area contributed by atoms with Crippen LogP contribution in [0, 0.1) is 17.8 Å². The molecule has 0 bridgehead atoms.